The normalized spacial score (nSPS) is 11.5. The fourth-order valence-electron chi connectivity index (χ4n) is 1.14. The summed E-state index contributed by atoms with van der Waals surface area (Å²) in [4.78, 5) is 0.0827. The second kappa shape index (κ2) is 3.44. The van der Waals surface area contributed by atoms with Crippen LogP contribution in [-0.2, 0) is 10.0 Å². The van der Waals surface area contributed by atoms with Crippen molar-refractivity contribution < 1.29 is 8.42 Å². The molecule has 1 aromatic heterocycles. The molecule has 78 valence electrons. The van der Waals surface area contributed by atoms with E-state index in [1.54, 1.807) is 16.7 Å². The zero-order valence-corrected chi connectivity index (χ0v) is 8.42. The van der Waals surface area contributed by atoms with Crippen LogP contribution in [0.25, 0.3) is 5.69 Å². The standard InChI is InChI=1S/C8H8N4O2S/c9-15(13,14)8-3-1-7(2-4-8)12-5-10-11-6-12/h1-6H,(H2,9,13,14). The Morgan fingerprint density at radius 3 is 2.07 bits per heavy atom. The Bertz CT molecular complexity index is 545. The SMILES string of the molecule is NS(=O)(=O)c1ccc(-n2cnnc2)cc1. The van der Waals surface area contributed by atoms with Crippen molar-refractivity contribution in [2.75, 3.05) is 0 Å². The predicted molar refractivity (Wildman–Crippen MR) is 52.7 cm³/mol. The maximum Gasteiger partial charge on any atom is 0.238 e. The molecule has 0 fully saturated rings. The summed E-state index contributed by atoms with van der Waals surface area (Å²) in [7, 11) is -3.63. The van der Waals surface area contributed by atoms with Gasteiger partial charge in [0.15, 0.2) is 0 Å². The van der Waals surface area contributed by atoms with Gasteiger partial charge in [-0.25, -0.2) is 13.6 Å². The minimum Gasteiger partial charge on any atom is -0.288 e. The smallest absolute Gasteiger partial charge is 0.238 e. The molecule has 0 aliphatic rings. The van der Waals surface area contributed by atoms with Gasteiger partial charge in [-0.15, -0.1) is 10.2 Å². The summed E-state index contributed by atoms with van der Waals surface area (Å²) in [6.45, 7) is 0. The first-order valence-electron chi connectivity index (χ1n) is 4.05. The van der Waals surface area contributed by atoms with Crippen LogP contribution in [0, 0.1) is 0 Å². The molecule has 0 amide bonds. The van der Waals surface area contributed by atoms with E-state index in [-0.39, 0.29) is 4.90 Å². The van der Waals surface area contributed by atoms with Crippen LogP contribution in [-0.4, -0.2) is 23.2 Å². The zero-order valence-electron chi connectivity index (χ0n) is 7.61. The fourth-order valence-corrected chi connectivity index (χ4v) is 1.66. The molecular formula is C8H8N4O2S. The summed E-state index contributed by atoms with van der Waals surface area (Å²) in [6, 6.07) is 6.13. The van der Waals surface area contributed by atoms with Gasteiger partial charge in [0.05, 0.1) is 4.90 Å². The zero-order chi connectivity index (χ0) is 10.9. The van der Waals surface area contributed by atoms with Gasteiger partial charge in [-0.05, 0) is 24.3 Å². The molecule has 0 radical (unpaired) electrons. The summed E-state index contributed by atoms with van der Waals surface area (Å²) in [5.41, 5.74) is 0.771. The lowest BCUT2D eigenvalue weighted by Gasteiger charge is -2.01. The highest BCUT2D eigenvalue weighted by Crippen LogP contribution is 2.11. The molecule has 2 aromatic rings. The van der Waals surface area contributed by atoms with Crippen LogP contribution < -0.4 is 5.14 Å². The number of hydrogen-bond donors (Lipinski definition) is 1. The number of aromatic nitrogens is 3. The van der Waals surface area contributed by atoms with Crippen molar-refractivity contribution in [3.63, 3.8) is 0 Å². The molecule has 0 aliphatic heterocycles. The number of rotatable bonds is 2. The van der Waals surface area contributed by atoms with E-state index in [0.29, 0.717) is 0 Å². The quantitative estimate of drug-likeness (QED) is 0.772. The molecule has 7 heteroatoms. The van der Waals surface area contributed by atoms with Gasteiger partial charge < -0.3 is 0 Å². The van der Waals surface area contributed by atoms with Gasteiger partial charge in [-0.1, -0.05) is 0 Å². The highest BCUT2D eigenvalue weighted by atomic mass is 32.2. The molecule has 1 heterocycles. The van der Waals surface area contributed by atoms with Crippen LogP contribution in [0.5, 0.6) is 0 Å². The topological polar surface area (TPSA) is 90.9 Å². The van der Waals surface area contributed by atoms with Gasteiger partial charge >= 0.3 is 0 Å². The molecule has 2 rings (SSSR count). The van der Waals surface area contributed by atoms with E-state index < -0.39 is 10.0 Å². The van der Waals surface area contributed by atoms with E-state index in [1.165, 1.54) is 24.8 Å². The van der Waals surface area contributed by atoms with Crippen molar-refractivity contribution in [2.45, 2.75) is 4.90 Å². The third-order valence-electron chi connectivity index (χ3n) is 1.88. The Kier molecular flexibility index (Phi) is 2.25. The first kappa shape index (κ1) is 9.81. The molecular weight excluding hydrogens is 216 g/mol. The van der Waals surface area contributed by atoms with Crippen LogP contribution in [0.3, 0.4) is 0 Å². The lowest BCUT2D eigenvalue weighted by molar-refractivity contribution is 0.598. The van der Waals surface area contributed by atoms with E-state index >= 15 is 0 Å². The molecule has 0 saturated heterocycles. The highest BCUT2D eigenvalue weighted by molar-refractivity contribution is 7.89. The summed E-state index contributed by atoms with van der Waals surface area (Å²) in [5, 5.41) is 12.2. The van der Waals surface area contributed by atoms with E-state index in [1.807, 2.05) is 0 Å². The minimum absolute atomic E-state index is 0.0827. The number of primary sulfonamides is 1. The Hall–Kier alpha value is -1.73. The molecule has 0 spiro atoms. The van der Waals surface area contributed by atoms with Gasteiger partial charge in [0.1, 0.15) is 12.7 Å². The number of nitrogens with two attached hydrogens (primary N) is 1. The molecule has 2 N–H and O–H groups in total. The lowest BCUT2D eigenvalue weighted by Crippen LogP contribution is -2.11. The second-order valence-electron chi connectivity index (χ2n) is 2.91. The Labute approximate surface area is 86.4 Å². The van der Waals surface area contributed by atoms with Gasteiger partial charge in [-0.2, -0.15) is 0 Å². The molecule has 0 aliphatic carbocycles. The van der Waals surface area contributed by atoms with Crippen molar-refractivity contribution in [1.82, 2.24) is 14.8 Å². The highest BCUT2D eigenvalue weighted by Gasteiger charge is 2.06. The third kappa shape index (κ3) is 2.03. The van der Waals surface area contributed by atoms with Gasteiger partial charge in [0, 0.05) is 5.69 Å². The molecule has 15 heavy (non-hydrogen) atoms. The molecule has 0 saturated carbocycles. The van der Waals surface area contributed by atoms with E-state index in [9.17, 15) is 8.42 Å². The first-order chi connectivity index (χ1) is 7.07. The van der Waals surface area contributed by atoms with Crippen LogP contribution in [0.1, 0.15) is 0 Å². The van der Waals surface area contributed by atoms with Crippen LogP contribution in [0.15, 0.2) is 41.8 Å². The van der Waals surface area contributed by atoms with Gasteiger partial charge in [0.25, 0.3) is 0 Å². The number of benzene rings is 1. The first-order valence-corrected chi connectivity index (χ1v) is 5.60. The minimum atomic E-state index is -3.63. The Morgan fingerprint density at radius 1 is 1.07 bits per heavy atom. The van der Waals surface area contributed by atoms with Crippen LogP contribution in [0.2, 0.25) is 0 Å². The molecule has 0 bridgehead atoms. The van der Waals surface area contributed by atoms with E-state index in [0.717, 1.165) is 5.69 Å². The summed E-state index contributed by atoms with van der Waals surface area (Å²) in [5.74, 6) is 0. The molecule has 6 nitrogen and oxygen atoms in total. The largest absolute Gasteiger partial charge is 0.288 e. The number of sulfonamides is 1. The van der Waals surface area contributed by atoms with Crippen molar-refractivity contribution in [3.05, 3.63) is 36.9 Å². The van der Waals surface area contributed by atoms with E-state index in [4.69, 9.17) is 5.14 Å². The molecule has 0 atom stereocenters. The lowest BCUT2D eigenvalue weighted by atomic mass is 10.3. The number of nitrogens with zero attached hydrogens (tertiary/aromatic N) is 3. The molecule has 1 aromatic carbocycles. The second-order valence-corrected chi connectivity index (χ2v) is 4.47. The maximum absolute atomic E-state index is 11.0. The maximum atomic E-state index is 11.0. The van der Waals surface area contributed by atoms with Crippen molar-refractivity contribution in [3.8, 4) is 5.69 Å². The van der Waals surface area contributed by atoms with E-state index in [2.05, 4.69) is 10.2 Å². The van der Waals surface area contributed by atoms with Crippen molar-refractivity contribution in [2.24, 2.45) is 5.14 Å². The third-order valence-corrected chi connectivity index (χ3v) is 2.81. The van der Waals surface area contributed by atoms with Crippen LogP contribution >= 0.6 is 0 Å². The summed E-state index contributed by atoms with van der Waals surface area (Å²) in [6.07, 6.45) is 3.04. The van der Waals surface area contributed by atoms with Crippen molar-refractivity contribution >= 4 is 10.0 Å². The predicted octanol–water partition coefficient (Wildman–Crippen LogP) is -0.0853. The number of hydrogen-bond acceptors (Lipinski definition) is 4. The summed E-state index contributed by atoms with van der Waals surface area (Å²) >= 11 is 0. The summed E-state index contributed by atoms with van der Waals surface area (Å²) < 4.78 is 23.6. The van der Waals surface area contributed by atoms with Crippen molar-refractivity contribution in [1.29, 1.82) is 0 Å². The Balaban J connectivity index is 2.42. The average molecular weight is 224 g/mol. The fraction of sp³-hybridized carbons (Fsp3) is 0. The average Bonchev–Trinajstić information content (AvgIpc) is 2.69. The van der Waals surface area contributed by atoms with Gasteiger partial charge in [-0.3, -0.25) is 4.57 Å². The van der Waals surface area contributed by atoms with Gasteiger partial charge in [0.2, 0.25) is 10.0 Å². The molecule has 0 unspecified atom stereocenters. The monoisotopic (exact) mass is 224 g/mol. The van der Waals surface area contributed by atoms with Crippen LogP contribution in [0.4, 0.5) is 0 Å². The Morgan fingerprint density at radius 2 is 1.60 bits per heavy atom.